The summed E-state index contributed by atoms with van der Waals surface area (Å²) in [5.74, 6) is 0.121. The molecule has 0 bridgehead atoms. The predicted molar refractivity (Wildman–Crippen MR) is 72.9 cm³/mol. The first-order chi connectivity index (χ1) is 9.19. The first-order valence-corrected chi connectivity index (χ1v) is 6.59. The zero-order chi connectivity index (χ0) is 15.3. The van der Waals surface area contributed by atoms with Crippen LogP contribution in [-0.2, 0) is 20.9 Å². The molecule has 1 amide bonds. The zero-order valence-electron chi connectivity index (χ0n) is 12.7. The Morgan fingerprint density at radius 3 is 2.40 bits per heavy atom. The fraction of sp³-hybridized carbons (Fsp3) is 0.643. The molecule has 6 nitrogen and oxygen atoms in total. The molecule has 6 heteroatoms. The van der Waals surface area contributed by atoms with E-state index in [2.05, 4.69) is 10.5 Å². The largest absolute Gasteiger partial charge is 0.460 e. The zero-order valence-corrected chi connectivity index (χ0v) is 12.7. The molecule has 0 aliphatic rings. The second-order valence-corrected chi connectivity index (χ2v) is 5.67. The van der Waals surface area contributed by atoms with Crippen LogP contribution in [0.1, 0.15) is 50.6 Å². The maximum atomic E-state index is 11.7. The molecule has 0 saturated carbocycles. The summed E-state index contributed by atoms with van der Waals surface area (Å²) >= 11 is 0. The van der Waals surface area contributed by atoms with Gasteiger partial charge < -0.3 is 14.6 Å². The third kappa shape index (κ3) is 5.42. The highest BCUT2D eigenvalue weighted by Crippen LogP contribution is 2.12. The third-order valence-electron chi connectivity index (χ3n) is 2.62. The molecule has 0 aliphatic heterocycles. The Morgan fingerprint density at radius 2 is 1.90 bits per heavy atom. The predicted octanol–water partition coefficient (Wildman–Crippen LogP) is 2.03. The van der Waals surface area contributed by atoms with Gasteiger partial charge in [-0.05, 0) is 34.6 Å². The van der Waals surface area contributed by atoms with Crippen molar-refractivity contribution in [3.05, 3.63) is 17.0 Å². The summed E-state index contributed by atoms with van der Waals surface area (Å²) in [5, 5.41) is 6.55. The van der Waals surface area contributed by atoms with Gasteiger partial charge in [0.15, 0.2) is 0 Å². The number of nitrogens with zero attached hydrogens (tertiary/aromatic N) is 1. The van der Waals surface area contributed by atoms with E-state index >= 15 is 0 Å². The maximum Gasteiger partial charge on any atom is 0.306 e. The van der Waals surface area contributed by atoms with Crippen LogP contribution in [0.2, 0.25) is 0 Å². The lowest BCUT2D eigenvalue weighted by Gasteiger charge is -2.19. The van der Waals surface area contributed by atoms with E-state index in [1.54, 1.807) is 27.7 Å². The maximum absolute atomic E-state index is 11.7. The van der Waals surface area contributed by atoms with Crippen molar-refractivity contribution in [2.24, 2.45) is 0 Å². The first-order valence-electron chi connectivity index (χ1n) is 6.59. The van der Waals surface area contributed by atoms with E-state index in [-0.39, 0.29) is 24.7 Å². The van der Waals surface area contributed by atoms with Crippen LogP contribution in [0.3, 0.4) is 0 Å². The smallest absolute Gasteiger partial charge is 0.306 e. The summed E-state index contributed by atoms with van der Waals surface area (Å²) in [6.45, 7) is 9.35. The van der Waals surface area contributed by atoms with Crippen LogP contribution >= 0.6 is 0 Å². The minimum Gasteiger partial charge on any atom is -0.460 e. The Hall–Kier alpha value is -1.85. The van der Waals surface area contributed by atoms with Crippen LogP contribution < -0.4 is 5.32 Å². The summed E-state index contributed by atoms with van der Waals surface area (Å²) in [5.41, 5.74) is 1.11. The number of aromatic nitrogens is 1. The Morgan fingerprint density at radius 1 is 1.25 bits per heavy atom. The summed E-state index contributed by atoms with van der Waals surface area (Å²) in [6, 6.07) is 0. The lowest BCUT2D eigenvalue weighted by Crippen LogP contribution is -2.27. The SMILES string of the molecule is Cc1noc(C)c1CNC(=O)CCC(=O)OC(C)(C)C. The highest BCUT2D eigenvalue weighted by molar-refractivity contribution is 5.81. The summed E-state index contributed by atoms with van der Waals surface area (Å²) < 4.78 is 10.1. The average Bonchev–Trinajstić information content (AvgIpc) is 2.62. The van der Waals surface area contributed by atoms with E-state index in [0.717, 1.165) is 11.3 Å². The molecule has 1 N–H and O–H groups in total. The average molecular weight is 282 g/mol. The van der Waals surface area contributed by atoms with Crippen molar-refractivity contribution in [2.45, 2.75) is 59.6 Å². The van der Waals surface area contributed by atoms with Crippen molar-refractivity contribution in [3.8, 4) is 0 Å². The lowest BCUT2D eigenvalue weighted by atomic mass is 10.2. The number of ether oxygens (including phenoxy) is 1. The van der Waals surface area contributed by atoms with Gasteiger partial charge in [0.1, 0.15) is 11.4 Å². The van der Waals surface area contributed by atoms with Gasteiger partial charge in [-0.25, -0.2) is 0 Å². The number of carbonyl (C=O) groups excluding carboxylic acids is 2. The first kappa shape index (κ1) is 16.2. The molecule has 0 fully saturated rings. The summed E-state index contributed by atoms with van der Waals surface area (Å²) in [6.07, 6.45) is 0.184. The number of rotatable bonds is 5. The van der Waals surface area contributed by atoms with Gasteiger partial charge in [0.2, 0.25) is 5.91 Å². The normalized spacial score (nSPS) is 11.2. The molecule has 0 saturated heterocycles. The van der Waals surface area contributed by atoms with E-state index in [1.807, 2.05) is 6.92 Å². The molecule has 1 rings (SSSR count). The molecule has 0 aliphatic carbocycles. The summed E-state index contributed by atoms with van der Waals surface area (Å²) in [4.78, 5) is 23.1. The molecule has 0 spiro atoms. The van der Waals surface area contributed by atoms with Crippen LogP contribution in [0.5, 0.6) is 0 Å². The monoisotopic (exact) mass is 282 g/mol. The van der Waals surface area contributed by atoms with E-state index in [1.165, 1.54) is 0 Å². The van der Waals surface area contributed by atoms with Gasteiger partial charge in [-0.3, -0.25) is 9.59 Å². The molecule has 112 valence electrons. The van der Waals surface area contributed by atoms with Crippen LogP contribution in [-0.4, -0.2) is 22.6 Å². The lowest BCUT2D eigenvalue weighted by molar-refractivity contribution is -0.155. The molecular weight excluding hydrogens is 260 g/mol. The van der Waals surface area contributed by atoms with E-state index in [4.69, 9.17) is 9.26 Å². The minimum absolute atomic E-state index is 0.0741. The van der Waals surface area contributed by atoms with Crippen molar-refractivity contribution >= 4 is 11.9 Å². The van der Waals surface area contributed by atoms with Crippen molar-refractivity contribution < 1.29 is 18.8 Å². The van der Waals surface area contributed by atoms with Gasteiger partial charge in [0.25, 0.3) is 0 Å². The molecular formula is C14H22N2O4. The molecule has 0 atom stereocenters. The molecule has 1 heterocycles. The molecule has 0 unspecified atom stereocenters. The number of esters is 1. The number of hydrogen-bond donors (Lipinski definition) is 1. The van der Waals surface area contributed by atoms with E-state index in [0.29, 0.717) is 12.3 Å². The number of nitrogens with one attached hydrogen (secondary N) is 1. The van der Waals surface area contributed by atoms with Crippen molar-refractivity contribution in [2.75, 3.05) is 0 Å². The summed E-state index contributed by atoms with van der Waals surface area (Å²) in [7, 11) is 0. The van der Waals surface area contributed by atoms with Crippen molar-refractivity contribution in [1.29, 1.82) is 0 Å². The van der Waals surface area contributed by atoms with Gasteiger partial charge in [-0.15, -0.1) is 0 Å². The van der Waals surface area contributed by atoms with Gasteiger partial charge >= 0.3 is 5.97 Å². The second-order valence-electron chi connectivity index (χ2n) is 5.67. The highest BCUT2D eigenvalue weighted by atomic mass is 16.6. The van der Waals surface area contributed by atoms with Crippen molar-refractivity contribution in [3.63, 3.8) is 0 Å². The highest BCUT2D eigenvalue weighted by Gasteiger charge is 2.17. The van der Waals surface area contributed by atoms with Gasteiger partial charge in [0.05, 0.1) is 12.1 Å². The van der Waals surface area contributed by atoms with Crippen LogP contribution in [0, 0.1) is 13.8 Å². The molecule has 1 aromatic rings. The number of amides is 1. The minimum atomic E-state index is -0.524. The molecule has 0 radical (unpaired) electrons. The Kier molecular flexibility index (Phi) is 5.30. The molecule has 0 aromatic carbocycles. The van der Waals surface area contributed by atoms with Gasteiger partial charge in [0, 0.05) is 18.5 Å². The van der Waals surface area contributed by atoms with Crippen LogP contribution in [0.25, 0.3) is 0 Å². The van der Waals surface area contributed by atoms with E-state index in [9.17, 15) is 9.59 Å². The molecule has 20 heavy (non-hydrogen) atoms. The number of aryl methyl sites for hydroxylation is 2. The fourth-order valence-electron chi connectivity index (χ4n) is 1.64. The van der Waals surface area contributed by atoms with Crippen LogP contribution in [0.4, 0.5) is 0 Å². The van der Waals surface area contributed by atoms with Gasteiger partial charge in [-0.1, -0.05) is 5.16 Å². The topological polar surface area (TPSA) is 81.4 Å². The van der Waals surface area contributed by atoms with E-state index < -0.39 is 5.60 Å². The third-order valence-corrected chi connectivity index (χ3v) is 2.62. The number of hydrogen-bond acceptors (Lipinski definition) is 5. The number of carbonyl (C=O) groups is 2. The Bertz CT molecular complexity index is 466. The quantitative estimate of drug-likeness (QED) is 0.836. The Balaban J connectivity index is 2.33. The van der Waals surface area contributed by atoms with Crippen LogP contribution in [0.15, 0.2) is 4.52 Å². The Labute approximate surface area is 118 Å². The van der Waals surface area contributed by atoms with Gasteiger partial charge in [-0.2, -0.15) is 0 Å². The van der Waals surface area contributed by atoms with Crippen molar-refractivity contribution in [1.82, 2.24) is 10.5 Å². The second kappa shape index (κ2) is 6.54. The fourth-order valence-corrected chi connectivity index (χ4v) is 1.64. The standard InChI is InChI=1S/C14H22N2O4/c1-9-11(10(2)20-16-9)8-15-12(17)6-7-13(18)19-14(3,4)5/h6-8H2,1-5H3,(H,15,17). The molecule has 1 aromatic heterocycles.